The Morgan fingerprint density at radius 2 is 1.22 bits per heavy atom. The third-order valence-corrected chi connectivity index (χ3v) is 9.47. The quantitative estimate of drug-likeness (QED) is 0.203. The fraction of sp³-hybridized carbons (Fsp3) is 0.194. The van der Waals surface area contributed by atoms with Crippen LogP contribution in [0.1, 0.15) is 33.3 Å². The van der Waals surface area contributed by atoms with E-state index in [-0.39, 0.29) is 11.2 Å². The van der Waals surface area contributed by atoms with E-state index >= 15 is 0 Å². The second-order valence-corrected chi connectivity index (χ2v) is 12.2. The predicted molar refractivity (Wildman–Crippen MR) is 155 cm³/mol. The highest BCUT2D eigenvalue weighted by molar-refractivity contribution is 7.80. The van der Waals surface area contributed by atoms with Crippen LogP contribution in [-0.4, -0.2) is 24.5 Å². The Balaban J connectivity index is 1.48. The van der Waals surface area contributed by atoms with Crippen molar-refractivity contribution >= 4 is 48.3 Å². The zero-order valence-corrected chi connectivity index (χ0v) is 22.2. The van der Waals surface area contributed by atoms with Gasteiger partial charge in [0.25, 0.3) is 0 Å². The van der Waals surface area contributed by atoms with Crippen LogP contribution in [0.15, 0.2) is 114 Å². The number of aliphatic imine (C=N–C) groups is 1. The summed E-state index contributed by atoms with van der Waals surface area (Å²) in [4.78, 5) is 4.89. The molecule has 180 valence electrons. The van der Waals surface area contributed by atoms with E-state index in [9.17, 15) is 0 Å². The molecule has 0 spiro atoms. The van der Waals surface area contributed by atoms with Crippen molar-refractivity contribution in [1.82, 2.24) is 0 Å². The summed E-state index contributed by atoms with van der Waals surface area (Å²) < 4.78 is 12.5. The summed E-state index contributed by atoms with van der Waals surface area (Å²) >= 11 is 0. The van der Waals surface area contributed by atoms with Gasteiger partial charge in [0.1, 0.15) is 0 Å². The van der Waals surface area contributed by atoms with Crippen molar-refractivity contribution in [1.29, 1.82) is 0 Å². The summed E-state index contributed by atoms with van der Waals surface area (Å²) in [6.45, 7) is 8.29. The molecule has 1 saturated heterocycles. The molecule has 5 rings (SSSR count). The zero-order valence-electron chi connectivity index (χ0n) is 21.3. The van der Waals surface area contributed by atoms with Gasteiger partial charge in [0.15, 0.2) is 0 Å². The van der Waals surface area contributed by atoms with E-state index in [0.29, 0.717) is 0 Å². The first-order valence-electron chi connectivity index (χ1n) is 12.3. The van der Waals surface area contributed by atoms with E-state index in [1.165, 1.54) is 15.9 Å². The highest BCUT2D eigenvalue weighted by Crippen LogP contribution is 2.37. The molecule has 0 bridgehead atoms. The molecule has 1 aliphatic rings. The van der Waals surface area contributed by atoms with E-state index in [0.717, 1.165) is 16.7 Å². The van der Waals surface area contributed by atoms with E-state index in [1.54, 1.807) is 0 Å². The molecule has 0 aromatic heterocycles. The molecule has 0 aliphatic carbocycles. The van der Waals surface area contributed by atoms with Gasteiger partial charge >= 0.3 is 7.12 Å². The summed E-state index contributed by atoms with van der Waals surface area (Å²) in [7, 11) is -1.12. The lowest BCUT2D eigenvalue weighted by atomic mass is 9.79. The predicted octanol–water partition coefficient (Wildman–Crippen LogP) is 5.49. The van der Waals surface area contributed by atoms with Gasteiger partial charge in [0.2, 0.25) is 0 Å². The van der Waals surface area contributed by atoms with Crippen LogP contribution in [0.2, 0.25) is 0 Å². The third kappa shape index (κ3) is 5.08. The van der Waals surface area contributed by atoms with E-state index < -0.39 is 15.0 Å². The minimum absolute atomic E-state index is 0.373. The Morgan fingerprint density at radius 3 is 1.83 bits per heavy atom. The molecule has 1 heterocycles. The SMILES string of the molecule is CC1(C)OB(c2cccc(N=Cc3ccccc3P(c3ccccc3)c3ccccc3)c2)OC1(C)C. The Labute approximate surface area is 216 Å². The lowest BCUT2D eigenvalue weighted by Crippen LogP contribution is -2.41. The first-order valence-corrected chi connectivity index (χ1v) is 13.7. The summed E-state index contributed by atoms with van der Waals surface area (Å²) in [6, 6.07) is 38.2. The standard InChI is InChI=1S/C31H31BNO2P/c1-30(2)31(3,4)35-32(34-30)25-15-13-16-26(22-25)33-23-24-14-11-12-21-29(24)36(27-17-7-5-8-18-27)28-19-9-6-10-20-28/h5-23H,1-4H3. The molecule has 36 heavy (non-hydrogen) atoms. The summed E-state index contributed by atoms with van der Waals surface area (Å²) in [6.07, 6.45) is 1.99. The first-order chi connectivity index (χ1) is 17.3. The topological polar surface area (TPSA) is 30.8 Å². The van der Waals surface area contributed by atoms with Crippen molar-refractivity contribution in [2.24, 2.45) is 4.99 Å². The van der Waals surface area contributed by atoms with Crippen LogP contribution >= 0.6 is 7.92 Å². The molecule has 1 aliphatic heterocycles. The molecule has 0 amide bonds. The van der Waals surface area contributed by atoms with Crippen LogP contribution in [0, 0.1) is 0 Å². The van der Waals surface area contributed by atoms with Crippen molar-refractivity contribution in [3.63, 3.8) is 0 Å². The number of hydrogen-bond donors (Lipinski definition) is 0. The molecule has 0 unspecified atom stereocenters. The molecule has 0 atom stereocenters. The Morgan fingerprint density at radius 1 is 0.667 bits per heavy atom. The summed E-state index contributed by atoms with van der Waals surface area (Å²) in [5.74, 6) is 0. The van der Waals surface area contributed by atoms with E-state index in [1.807, 2.05) is 24.4 Å². The molecule has 0 N–H and O–H groups in total. The maximum absolute atomic E-state index is 6.24. The van der Waals surface area contributed by atoms with Gasteiger partial charge in [-0.05, 0) is 69.1 Å². The molecular formula is C31H31BNO2P. The van der Waals surface area contributed by atoms with Gasteiger partial charge in [-0.2, -0.15) is 0 Å². The second kappa shape index (κ2) is 10.1. The zero-order chi connectivity index (χ0) is 25.2. The maximum atomic E-state index is 6.24. The van der Waals surface area contributed by atoms with Crippen LogP contribution in [0.5, 0.6) is 0 Å². The largest absolute Gasteiger partial charge is 0.494 e. The van der Waals surface area contributed by atoms with Crippen LogP contribution in [0.4, 0.5) is 5.69 Å². The molecule has 5 heteroatoms. The van der Waals surface area contributed by atoms with Crippen molar-refractivity contribution in [3.05, 3.63) is 115 Å². The van der Waals surface area contributed by atoms with Gasteiger partial charge in [-0.3, -0.25) is 4.99 Å². The molecule has 0 saturated carbocycles. The van der Waals surface area contributed by atoms with Crippen molar-refractivity contribution in [3.8, 4) is 0 Å². The van der Waals surface area contributed by atoms with Crippen LogP contribution in [-0.2, 0) is 9.31 Å². The fourth-order valence-electron chi connectivity index (χ4n) is 4.26. The van der Waals surface area contributed by atoms with Gasteiger partial charge in [0, 0.05) is 11.8 Å². The van der Waals surface area contributed by atoms with E-state index in [2.05, 4.69) is 119 Å². The average molecular weight is 491 g/mol. The van der Waals surface area contributed by atoms with Gasteiger partial charge in [-0.1, -0.05) is 97.1 Å². The van der Waals surface area contributed by atoms with Gasteiger partial charge < -0.3 is 9.31 Å². The number of benzene rings is 4. The monoisotopic (exact) mass is 491 g/mol. The van der Waals surface area contributed by atoms with Crippen LogP contribution in [0.3, 0.4) is 0 Å². The number of rotatable bonds is 6. The normalized spacial score (nSPS) is 16.6. The lowest BCUT2D eigenvalue weighted by molar-refractivity contribution is 0.00578. The molecule has 4 aromatic rings. The van der Waals surface area contributed by atoms with Crippen LogP contribution < -0.4 is 21.4 Å². The minimum Gasteiger partial charge on any atom is -0.399 e. The molecule has 1 fully saturated rings. The van der Waals surface area contributed by atoms with Crippen LogP contribution in [0.25, 0.3) is 0 Å². The summed E-state index contributed by atoms with van der Waals surface area (Å²) in [5, 5.41) is 3.93. The third-order valence-electron chi connectivity index (χ3n) is 6.95. The van der Waals surface area contributed by atoms with E-state index in [4.69, 9.17) is 14.3 Å². The second-order valence-electron chi connectivity index (χ2n) is 10.0. The molecular weight excluding hydrogens is 460 g/mol. The molecule has 0 radical (unpaired) electrons. The van der Waals surface area contributed by atoms with Gasteiger partial charge in [-0.25, -0.2) is 0 Å². The highest BCUT2D eigenvalue weighted by atomic mass is 31.1. The Kier molecular flexibility index (Phi) is 6.95. The fourth-order valence-corrected chi connectivity index (χ4v) is 6.68. The smallest absolute Gasteiger partial charge is 0.399 e. The first kappa shape index (κ1) is 24.7. The Hall–Kier alpha value is -3.04. The number of hydrogen-bond acceptors (Lipinski definition) is 3. The van der Waals surface area contributed by atoms with Gasteiger partial charge in [0.05, 0.1) is 16.9 Å². The summed E-state index contributed by atoms with van der Waals surface area (Å²) in [5.41, 5.74) is 2.23. The van der Waals surface area contributed by atoms with Crippen molar-refractivity contribution in [2.75, 3.05) is 0 Å². The van der Waals surface area contributed by atoms with Crippen molar-refractivity contribution in [2.45, 2.75) is 38.9 Å². The number of nitrogens with zero attached hydrogens (tertiary/aromatic N) is 1. The highest BCUT2D eigenvalue weighted by Gasteiger charge is 2.51. The minimum atomic E-state index is -0.714. The maximum Gasteiger partial charge on any atom is 0.494 e. The lowest BCUT2D eigenvalue weighted by Gasteiger charge is -2.32. The molecule has 4 aromatic carbocycles. The van der Waals surface area contributed by atoms with Crippen molar-refractivity contribution < 1.29 is 9.31 Å². The Bertz CT molecular complexity index is 1300. The molecule has 3 nitrogen and oxygen atoms in total. The average Bonchev–Trinajstić information content (AvgIpc) is 3.12. The van der Waals surface area contributed by atoms with Gasteiger partial charge in [-0.15, -0.1) is 0 Å².